The van der Waals surface area contributed by atoms with Crippen LogP contribution in [0.2, 0.25) is 0 Å². The number of rotatable bonds is 8. The second kappa shape index (κ2) is 12.7. The lowest BCUT2D eigenvalue weighted by Crippen LogP contribution is -2.51. The van der Waals surface area contributed by atoms with Gasteiger partial charge in [0.1, 0.15) is 11.6 Å². The van der Waals surface area contributed by atoms with Crippen LogP contribution in [0.1, 0.15) is 97.8 Å². The number of carbonyl (C=O) groups excluding carboxylic acids is 2. The Morgan fingerprint density at radius 2 is 1.67 bits per heavy atom. The summed E-state index contributed by atoms with van der Waals surface area (Å²) in [7, 11) is 0. The maximum atomic E-state index is 14.3. The summed E-state index contributed by atoms with van der Waals surface area (Å²) in [6.45, 7) is 11.1. The molecule has 5 fully saturated rings. The van der Waals surface area contributed by atoms with Crippen LogP contribution in [0.3, 0.4) is 0 Å². The summed E-state index contributed by atoms with van der Waals surface area (Å²) in [6, 6.07) is 3.13. The topological polar surface area (TPSA) is 90.5 Å². The maximum Gasteiger partial charge on any atom is 0.226 e. The Labute approximate surface area is 287 Å². The number of nitrogens with one attached hydrogen (secondary N) is 2. The molecule has 0 bridgehead atoms. The van der Waals surface area contributed by atoms with Gasteiger partial charge in [-0.3, -0.25) is 14.5 Å². The molecular weight excluding hydrogens is 596 g/mol. The van der Waals surface area contributed by atoms with Crippen molar-refractivity contribution in [3.8, 4) is 0 Å². The van der Waals surface area contributed by atoms with Crippen molar-refractivity contribution >= 4 is 29.2 Å². The van der Waals surface area contributed by atoms with Gasteiger partial charge >= 0.3 is 0 Å². The molecule has 4 saturated carbocycles. The largest absolute Gasteiger partial charge is 0.367 e. The number of anilines is 3. The fourth-order valence-electron chi connectivity index (χ4n) is 11.3. The van der Waals surface area contributed by atoms with E-state index in [1.807, 2.05) is 6.08 Å². The number of carbonyl (C=O) groups is 2. The predicted molar refractivity (Wildman–Crippen MR) is 192 cm³/mol. The van der Waals surface area contributed by atoms with Gasteiger partial charge in [-0.25, -0.2) is 0 Å². The third-order valence-corrected chi connectivity index (χ3v) is 13.8. The van der Waals surface area contributed by atoms with Crippen LogP contribution in [0.25, 0.3) is 0 Å². The molecule has 1 saturated heterocycles. The van der Waals surface area contributed by atoms with Gasteiger partial charge in [0.15, 0.2) is 11.6 Å². The molecule has 2 heterocycles. The summed E-state index contributed by atoms with van der Waals surface area (Å²) in [5.41, 5.74) is 2.66. The minimum absolute atomic E-state index is 0.00463. The van der Waals surface area contributed by atoms with E-state index in [2.05, 4.69) is 59.4 Å². The molecule has 0 radical (unpaired) electrons. The molecule has 8 heteroatoms. The highest BCUT2D eigenvalue weighted by atomic mass is 16.1. The first-order valence-electron chi connectivity index (χ1n) is 19.3. The first-order chi connectivity index (χ1) is 23.2. The molecule has 1 aromatic rings. The van der Waals surface area contributed by atoms with E-state index in [1.54, 1.807) is 6.08 Å². The predicted octanol–water partition coefficient (Wildman–Crippen LogP) is 6.97. The van der Waals surface area contributed by atoms with Crippen LogP contribution >= 0.6 is 0 Å². The molecule has 258 valence electrons. The standard InChI is InChI=1S/C40H56N6O2/c1-26-22-33-31-13-12-27-23-30(47)14-16-39(27,2)32(31)15-17-40(33,3)37(26)34(48)25-45-18-20-46(21-19-45)36-24-35(41-28-8-4-5-9-28)43-38(44-36)42-29-10-6-7-11-29/h14-16,23-24,26,28-29,31,33,37H,4-13,17-22,25H2,1-3H3,(H2,41,42,43,44)/t26-,31-,33+,37-,39+,40+/m1/s1. The molecule has 6 atom stereocenters. The van der Waals surface area contributed by atoms with Gasteiger partial charge in [-0.2, -0.15) is 9.97 Å². The smallest absolute Gasteiger partial charge is 0.226 e. The summed E-state index contributed by atoms with van der Waals surface area (Å²) in [5, 5.41) is 7.37. The van der Waals surface area contributed by atoms with Crippen LogP contribution in [0.4, 0.5) is 17.6 Å². The van der Waals surface area contributed by atoms with E-state index in [0.717, 1.165) is 69.4 Å². The molecule has 0 spiro atoms. The lowest BCUT2D eigenvalue weighted by atomic mass is 9.52. The third-order valence-electron chi connectivity index (χ3n) is 13.8. The minimum atomic E-state index is -0.131. The van der Waals surface area contributed by atoms with Crippen LogP contribution in [0.5, 0.6) is 0 Å². The number of aromatic nitrogens is 2. The highest BCUT2D eigenvalue weighted by Crippen LogP contribution is 2.65. The first kappa shape index (κ1) is 32.2. The molecule has 1 aromatic heterocycles. The van der Waals surface area contributed by atoms with Crippen molar-refractivity contribution in [1.29, 1.82) is 0 Å². The van der Waals surface area contributed by atoms with Gasteiger partial charge < -0.3 is 15.5 Å². The van der Waals surface area contributed by atoms with Gasteiger partial charge in [0.05, 0.1) is 6.54 Å². The molecular formula is C40H56N6O2. The highest BCUT2D eigenvalue weighted by Gasteiger charge is 2.59. The average molecular weight is 653 g/mol. The Bertz CT molecular complexity index is 1480. The number of allylic oxidation sites excluding steroid dienone is 6. The van der Waals surface area contributed by atoms with Gasteiger partial charge in [0.2, 0.25) is 5.95 Å². The molecule has 8 nitrogen and oxygen atoms in total. The van der Waals surface area contributed by atoms with E-state index >= 15 is 0 Å². The second-order valence-electron chi connectivity index (χ2n) is 16.8. The van der Waals surface area contributed by atoms with E-state index in [4.69, 9.17) is 9.97 Å². The van der Waals surface area contributed by atoms with E-state index in [0.29, 0.717) is 42.2 Å². The normalized spacial score (nSPS) is 35.6. The molecule has 6 aliphatic carbocycles. The number of Topliss-reactive ketones (excluding diaryl/α,β-unsaturated/α-hetero) is 1. The van der Waals surface area contributed by atoms with E-state index in [9.17, 15) is 9.59 Å². The molecule has 48 heavy (non-hydrogen) atoms. The number of fused-ring (bicyclic) bond motifs is 5. The zero-order valence-corrected chi connectivity index (χ0v) is 29.5. The van der Waals surface area contributed by atoms with Crippen molar-refractivity contribution in [2.75, 3.05) is 48.3 Å². The maximum absolute atomic E-state index is 14.3. The molecule has 8 rings (SSSR count). The minimum Gasteiger partial charge on any atom is -0.367 e. The van der Waals surface area contributed by atoms with Gasteiger partial charge in [-0.1, -0.05) is 62.8 Å². The highest BCUT2D eigenvalue weighted by molar-refractivity contribution is 6.01. The zero-order valence-electron chi connectivity index (χ0n) is 29.5. The van der Waals surface area contributed by atoms with E-state index in [-0.39, 0.29) is 22.5 Å². The van der Waals surface area contributed by atoms with Gasteiger partial charge in [0, 0.05) is 55.7 Å². The van der Waals surface area contributed by atoms with Crippen LogP contribution < -0.4 is 15.5 Å². The average Bonchev–Trinajstić information content (AvgIpc) is 3.83. The van der Waals surface area contributed by atoms with Gasteiger partial charge in [-0.15, -0.1) is 0 Å². The van der Waals surface area contributed by atoms with Crippen LogP contribution in [-0.2, 0) is 9.59 Å². The summed E-state index contributed by atoms with van der Waals surface area (Å²) in [6.07, 6.45) is 22.4. The molecule has 2 N–H and O–H groups in total. The lowest BCUT2D eigenvalue weighted by Gasteiger charge is -2.52. The van der Waals surface area contributed by atoms with Gasteiger partial charge in [0.25, 0.3) is 0 Å². The molecule has 7 aliphatic rings. The van der Waals surface area contributed by atoms with E-state index < -0.39 is 0 Å². The van der Waals surface area contributed by atoms with Crippen LogP contribution in [-0.4, -0.2) is 71.2 Å². The first-order valence-corrected chi connectivity index (χ1v) is 19.3. The quantitative estimate of drug-likeness (QED) is 0.291. The second-order valence-corrected chi connectivity index (χ2v) is 16.8. The Morgan fingerprint density at radius 1 is 0.958 bits per heavy atom. The Hall–Kier alpha value is -3.00. The molecule has 1 aliphatic heterocycles. The monoisotopic (exact) mass is 652 g/mol. The summed E-state index contributed by atoms with van der Waals surface area (Å²) < 4.78 is 0. The third kappa shape index (κ3) is 5.84. The van der Waals surface area contributed by atoms with Gasteiger partial charge in [-0.05, 0) is 93.6 Å². The van der Waals surface area contributed by atoms with Crippen molar-refractivity contribution < 1.29 is 9.59 Å². The fraction of sp³-hybridized carbons (Fsp3) is 0.700. The Balaban J connectivity index is 0.930. The van der Waals surface area contributed by atoms with Crippen LogP contribution in [0, 0.1) is 34.5 Å². The van der Waals surface area contributed by atoms with Crippen molar-refractivity contribution in [2.24, 2.45) is 34.5 Å². The van der Waals surface area contributed by atoms with Crippen molar-refractivity contribution in [2.45, 2.75) is 110 Å². The summed E-state index contributed by atoms with van der Waals surface area (Å²) in [5.74, 6) is 4.79. The Morgan fingerprint density at radius 3 is 2.40 bits per heavy atom. The number of piperazine rings is 1. The molecule has 0 aromatic carbocycles. The fourth-order valence-corrected chi connectivity index (χ4v) is 11.3. The van der Waals surface area contributed by atoms with Crippen molar-refractivity contribution in [3.63, 3.8) is 0 Å². The van der Waals surface area contributed by atoms with Crippen molar-refractivity contribution in [3.05, 3.63) is 41.5 Å². The summed E-state index contributed by atoms with van der Waals surface area (Å²) >= 11 is 0. The number of ketones is 2. The molecule has 0 unspecified atom stereocenters. The van der Waals surface area contributed by atoms with Crippen molar-refractivity contribution in [1.82, 2.24) is 14.9 Å². The number of nitrogens with zero attached hydrogens (tertiary/aromatic N) is 4. The van der Waals surface area contributed by atoms with Crippen LogP contribution in [0.15, 0.2) is 41.5 Å². The molecule has 0 amide bonds. The number of hydrogen-bond acceptors (Lipinski definition) is 8. The Kier molecular flexibility index (Phi) is 8.53. The number of hydrogen-bond donors (Lipinski definition) is 2. The SMILES string of the molecule is C[C@@H]1C[C@H]2[C@@H]3CCC4=CC(=O)C=C[C@]4(C)C3=CC[C@]2(C)[C@H]1C(=O)CN1CCN(c2cc(NC3CCCC3)nc(NC3CCCC3)n2)CC1. The van der Waals surface area contributed by atoms with E-state index in [1.165, 1.54) is 62.5 Å². The summed E-state index contributed by atoms with van der Waals surface area (Å²) in [4.78, 5) is 41.2. The zero-order chi connectivity index (χ0) is 33.0. The lowest BCUT2D eigenvalue weighted by molar-refractivity contribution is -0.129.